The highest BCUT2D eigenvalue weighted by atomic mass is 35.5. The molecular weight excluding hydrogens is 289 g/mol. The Balaban J connectivity index is 2.03. The summed E-state index contributed by atoms with van der Waals surface area (Å²) in [6.45, 7) is 0.570. The Bertz CT molecular complexity index is 586. The zero-order valence-corrected chi connectivity index (χ0v) is 12.7. The van der Waals surface area contributed by atoms with Crippen molar-refractivity contribution in [2.75, 3.05) is 13.7 Å². The summed E-state index contributed by atoms with van der Waals surface area (Å²) >= 11 is 5.81. The summed E-state index contributed by atoms with van der Waals surface area (Å²) < 4.78 is 18.3. The van der Waals surface area contributed by atoms with Gasteiger partial charge in [-0.1, -0.05) is 29.8 Å². The average molecular weight is 308 g/mol. The van der Waals surface area contributed by atoms with Crippen molar-refractivity contribution in [3.05, 3.63) is 64.4 Å². The predicted octanol–water partition coefficient (Wildman–Crippen LogP) is 3.85. The minimum absolute atomic E-state index is 0.160. The van der Waals surface area contributed by atoms with E-state index in [4.69, 9.17) is 22.1 Å². The van der Waals surface area contributed by atoms with Crippen LogP contribution in [0.5, 0.6) is 5.75 Å². The molecule has 2 N–H and O–H groups in total. The molecule has 2 aromatic rings. The van der Waals surface area contributed by atoms with Gasteiger partial charge in [-0.15, -0.1) is 0 Å². The number of ether oxygens (including phenoxy) is 1. The van der Waals surface area contributed by atoms with E-state index in [9.17, 15) is 4.39 Å². The zero-order chi connectivity index (χ0) is 15.2. The lowest BCUT2D eigenvalue weighted by molar-refractivity contribution is 0.414. The van der Waals surface area contributed by atoms with E-state index < -0.39 is 0 Å². The Hall–Kier alpha value is -1.58. The van der Waals surface area contributed by atoms with Crippen molar-refractivity contribution in [3.63, 3.8) is 0 Å². The van der Waals surface area contributed by atoms with Crippen molar-refractivity contribution in [2.24, 2.45) is 11.7 Å². The molecule has 2 aromatic carbocycles. The molecule has 0 saturated carbocycles. The first-order chi connectivity index (χ1) is 10.1. The SMILES string of the molecule is COc1ccc(CC(CN)Cc2ccc(F)c(Cl)c2)cc1. The molecule has 0 amide bonds. The molecule has 2 nitrogen and oxygen atoms in total. The van der Waals surface area contributed by atoms with Crippen molar-refractivity contribution >= 4 is 11.6 Å². The Morgan fingerprint density at radius 1 is 1.10 bits per heavy atom. The molecule has 1 unspecified atom stereocenters. The lowest BCUT2D eigenvalue weighted by Gasteiger charge is -2.15. The molecule has 0 aliphatic rings. The molecule has 0 saturated heterocycles. The number of methoxy groups -OCH3 is 1. The molecule has 0 aliphatic heterocycles. The van der Waals surface area contributed by atoms with E-state index in [2.05, 4.69) is 0 Å². The number of halogens is 2. The Kier molecular flexibility index (Phi) is 5.59. The molecule has 21 heavy (non-hydrogen) atoms. The Morgan fingerprint density at radius 2 is 1.71 bits per heavy atom. The minimum Gasteiger partial charge on any atom is -0.497 e. The van der Waals surface area contributed by atoms with Crippen LogP contribution in [0.15, 0.2) is 42.5 Å². The summed E-state index contributed by atoms with van der Waals surface area (Å²) in [6.07, 6.45) is 1.65. The number of hydrogen-bond donors (Lipinski definition) is 1. The summed E-state index contributed by atoms with van der Waals surface area (Å²) in [7, 11) is 1.65. The third-order valence-corrected chi connectivity index (χ3v) is 3.81. The van der Waals surface area contributed by atoms with Crippen LogP contribution >= 0.6 is 11.6 Å². The van der Waals surface area contributed by atoms with Crippen LogP contribution in [0, 0.1) is 11.7 Å². The van der Waals surface area contributed by atoms with Gasteiger partial charge in [0, 0.05) is 0 Å². The Morgan fingerprint density at radius 3 is 2.29 bits per heavy atom. The van der Waals surface area contributed by atoms with Gasteiger partial charge in [0.1, 0.15) is 11.6 Å². The first-order valence-electron chi connectivity index (χ1n) is 6.89. The summed E-state index contributed by atoms with van der Waals surface area (Å²) in [5, 5.41) is 0.160. The normalized spacial score (nSPS) is 12.2. The number of benzene rings is 2. The standard InChI is InChI=1S/C17H19ClFNO/c1-21-15-5-2-12(3-6-15)8-14(11-20)9-13-4-7-17(19)16(18)10-13/h2-7,10,14H,8-9,11,20H2,1H3. The summed E-state index contributed by atoms with van der Waals surface area (Å²) in [5.41, 5.74) is 8.07. The zero-order valence-electron chi connectivity index (χ0n) is 12.0. The van der Waals surface area contributed by atoms with Gasteiger partial charge in [0.25, 0.3) is 0 Å². The van der Waals surface area contributed by atoms with Gasteiger partial charge in [0.2, 0.25) is 0 Å². The minimum atomic E-state index is -0.389. The molecule has 0 spiro atoms. The largest absolute Gasteiger partial charge is 0.497 e. The number of rotatable bonds is 6. The molecule has 1 atom stereocenters. The van der Waals surface area contributed by atoms with Crippen molar-refractivity contribution in [1.29, 1.82) is 0 Å². The average Bonchev–Trinajstić information content (AvgIpc) is 2.51. The highest BCUT2D eigenvalue weighted by Gasteiger charge is 2.11. The van der Waals surface area contributed by atoms with E-state index in [1.165, 1.54) is 11.6 Å². The second-order valence-electron chi connectivity index (χ2n) is 5.11. The molecule has 0 bridgehead atoms. The lowest BCUT2D eigenvalue weighted by Crippen LogP contribution is -2.19. The van der Waals surface area contributed by atoms with Crippen LogP contribution in [-0.4, -0.2) is 13.7 Å². The van der Waals surface area contributed by atoms with Crippen LogP contribution < -0.4 is 10.5 Å². The maximum absolute atomic E-state index is 13.2. The highest BCUT2D eigenvalue weighted by molar-refractivity contribution is 6.30. The van der Waals surface area contributed by atoms with Gasteiger partial charge in [-0.3, -0.25) is 0 Å². The molecular formula is C17H19ClFNO. The Labute approximate surface area is 129 Å². The van der Waals surface area contributed by atoms with Crippen LogP contribution in [0.2, 0.25) is 5.02 Å². The van der Waals surface area contributed by atoms with E-state index in [1.807, 2.05) is 24.3 Å². The lowest BCUT2D eigenvalue weighted by atomic mass is 9.92. The van der Waals surface area contributed by atoms with E-state index in [-0.39, 0.29) is 10.8 Å². The third kappa shape index (κ3) is 4.45. The number of nitrogens with two attached hydrogens (primary N) is 1. The monoisotopic (exact) mass is 307 g/mol. The maximum Gasteiger partial charge on any atom is 0.141 e. The van der Waals surface area contributed by atoms with Crippen LogP contribution in [0.4, 0.5) is 4.39 Å². The molecule has 112 valence electrons. The van der Waals surface area contributed by atoms with Gasteiger partial charge in [-0.2, -0.15) is 0 Å². The highest BCUT2D eigenvalue weighted by Crippen LogP contribution is 2.21. The molecule has 0 heterocycles. The van der Waals surface area contributed by atoms with Crippen LogP contribution in [-0.2, 0) is 12.8 Å². The molecule has 0 aliphatic carbocycles. The summed E-state index contributed by atoms with van der Waals surface area (Å²) in [5.74, 6) is 0.744. The smallest absolute Gasteiger partial charge is 0.141 e. The maximum atomic E-state index is 13.2. The fraction of sp³-hybridized carbons (Fsp3) is 0.294. The second kappa shape index (κ2) is 7.43. The van der Waals surface area contributed by atoms with Crippen molar-refractivity contribution in [2.45, 2.75) is 12.8 Å². The quantitative estimate of drug-likeness (QED) is 0.880. The van der Waals surface area contributed by atoms with Gasteiger partial charge in [-0.05, 0) is 60.7 Å². The topological polar surface area (TPSA) is 35.2 Å². The van der Waals surface area contributed by atoms with E-state index in [0.717, 1.165) is 24.2 Å². The van der Waals surface area contributed by atoms with Crippen molar-refractivity contribution in [1.82, 2.24) is 0 Å². The van der Waals surface area contributed by atoms with Crippen molar-refractivity contribution in [3.8, 4) is 5.75 Å². The van der Waals surface area contributed by atoms with Gasteiger partial charge >= 0.3 is 0 Å². The molecule has 0 aromatic heterocycles. The van der Waals surface area contributed by atoms with Gasteiger partial charge < -0.3 is 10.5 Å². The van der Waals surface area contributed by atoms with Gasteiger partial charge in [0.15, 0.2) is 0 Å². The summed E-state index contributed by atoms with van der Waals surface area (Å²) in [4.78, 5) is 0. The summed E-state index contributed by atoms with van der Waals surface area (Å²) in [6, 6.07) is 12.8. The molecule has 4 heteroatoms. The van der Waals surface area contributed by atoms with E-state index in [0.29, 0.717) is 12.5 Å². The molecule has 2 rings (SSSR count). The third-order valence-electron chi connectivity index (χ3n) is 3.53. The fourth-order valence-electron chi connectivity index (χ4n) is 2.33. The fourth-order valence-corrected chi connectivity index (χ4v) is 2.54. The van der Waals surface area contributed by atoms with E-state index >= 15 is 0 Å². The van der Waals surface area contributed by atoms with E-state index in [1.54, 1.807) is 19.2 Å². The molecule has 0 radical (unpaired) electrons. The van der Waals surface area contributed by atoms with Crippen LogP contribution in [0.25, 0.3) is 0 Å². The first-order valence-corrected chi connectivity index (χ1v) is 7.27. The number of hydrogen-bond acceptors (Lipinski definition) is 2. The first kappa shape index (κ1) is 15.8. The molecule has 0 fully saturated rings. The predicted molar refractivity (Wildman–Crippen MR) is 84.4 cm³/mol. The van der Waals surface area contributed by atoms with Crippen LogP contribution in [0.3, 0.4) is 0 Å². The van der Waals surface area contributed by atoms with Gasteiger partial charge in [0.05, 0.1) is 12.1 Å². The van der Waals surface area contributed by atoms with Gasteiger partial charge in [-0.25, -0.2) is 4.39 Å². The van der Waals surface area contributed by atoms with Crippen molar-refractivity contribution < 1.29 is 9.13 Å². The second-order valence-corrected chi connectivity index (χ2v) is 5.51. The van der Waals surface area contributed by atoms with Crippen LogP contribution in [0.1, 0.15) is 11.1 Å².